The predicted molar refractivity (Wildman–Crippen MR) is 97.8 cm³/mol. The number of imidazole rings is 1. The van der Waals surface area contributed by atoms with Crippen molar-refractivity contribution in [2.24, 2.45) is 0 Å². The normalized spacial score (nSPS) is 22.0. The fourth-order valence-electron chi connectivity index (χ4n) is 3.96. The molecule has 0 aromatic carbocycles. The van der Waals surface area contributed by atoms with E-state index in [1.165, 1.54) is 49.3 Å². The zero-order chi connectivity index (χ0) is 16.5. The average Bonchev–Trinajstić information content (AvgIpc) is 3.06. The third kappa shape index (κ3) is 3.25. The molecule has 2 N–H and O–H groups in total. The molecule has 2 aromatic rings. The van der Waals surface area contributed by atoms with Crippen LogP contribution < -0.4 is 5.32 Å². The molecule has 2 aliphatic rings. The van der Waals surface area contributed by atoms with Gasteiger partial charge in [-0.1, -0.05) is 0 Å². The molecule has 0 amide bonds. The van der Waals surface area contributed by atoms with Gasteiger partial charge in [0, 0.05) is 49.3 Å². The van der Waals surface area contributed by atoms with Crippen molar-refractivity contribution in [1.82, 2.24) is 19.6 Å². The molecule has 1 saturated heterocycles. The van der Waals surface area contributed by atoms with Crippen LogP contribution in [-0.4, -0.2) is 51.7 Å². The fraction of sp³-hybridized carbons (Fsp3) is 0.722. The van der Waals surface area contributed by atoms with Gasteiger partial charge < -0.3 is 10.4 Å². The second-order valence-electron chi connectivity index (χ2n) is 7.24. The first-order chi connectivity index (χ1) is 11.8. The maximum absolute atomic E-state index is 9.05. The molecule has 24 heavy (non-hydrogen) atoms. The molecule has 5 nitrogen and oxygen atoms in total. The van der Waals surface area contributed by atoms with Crippen molar-refractivity contribution in [3.63, 3.8) is 0 Å². The molecule has 1 aliphatic heterocycles. The highest BCUT2D eigenvalue weighted by Crippen LogP contribution is 2.42. The number of aliphatic hydroxyl groups is 1. The lowest BCUT2D eigenvalue weighted by atomic mass is 10.2. The Labute approximate surface area is 147 Å². The predicted octanol–water partition coefficient (Wildman–Crippen LogP) is 2.52. The van der Waals surface area contributed by atoms with Crippen LogP contribution in [0.3, 0.4) is 0 Å². The Morgan fingerprint density at radius 2 is 2.25 bits per heavy atom. The minimum Gasteiger partial charge on any atom is -0.396 e. The first-order valence-electron chi connectivity index (χ1n) is 9.29. The Morgan fingerprint density at radius 3 is 3.04 bits per heavy atom. The SMILES string of the molecule is Cc1nc2scc(C3CC3)n2c1CNCC1CCCN1CCCO. The van der Waals surface area contributed by atoms with Crippen LogP contribution in [0.2, 0.25) is 0 Å². The number of fused-ring (bicyclic) bond motifs is 1. The molecule has 132 valence electrons. The maximum atomic E-state index is 9.05. The summed E-state index contributed by atoms with van der Waals surface area (Å²) in [6.07, 6.45) is 6.10. The molecule has 4 rings (SSSR count). The summed E-state index contributed by atoms with van der Waals surface area (Å²) in [5.74, 6) is 0.759. The average molecular weight is 349 g/mol. The van der Waals surface area contributed by atoms with Gasteiger partial charge in [0.25, 0.3) is 0 Å². The Kier molecular flexibility index (Phi) is 4.90. The van der Waals surface area contributed by atoms with Crippen LogP contribution in [0.1, 0.15) is 55.1 Å². The molecular formula is C18H28N4OS. The van der Waals surface area contributed by atoms with Gasteiger partial charge in [-0.3, -0.25) is 9.30 Å². The first kappa shape index (κ1) is 16.5. The summed E-state index contributed by atoms with van der Waals surface area (Å²) in [4.78, 5) is 8.43. The molecule has 2 fully saturated rings. The summed E-state index contributed by atoms with van der Waals surface area (Å²) < 4.78 is 2.41. The van der Waals surface area contributed by atoms with E-state index in [0.717, 1.165) is 36.9 Å². The number of likely N-dealkylation sites (tertiary alicyclic amines) is 1. The molecule has 1 unspecified atom stereocenters. The van der Waals surface area contributed by atoms with Crippen molar-refractivity contribution in [3.05, 3.63) is 22.5 Å². The summed E-state index contributed by atoms with van der Waals surface area (Å²) >= 11 is 1.78. The highest BCUT2D eigenvalue weighted by atomic mass is 32.1. The molecule has 0 radical (unpaired) electrons. The molecule has 1 atom stereocenters. The molecule has 2 aromatic heterocycles. The van der Waals surface area contributed by atoms with Gasteiger partial charge in [0.15, 0.2) is 4.96 Å². The lowest BCUT2D eigenvalue weighted by Gasteiger charge is -2.24. The topological polar surface area (TPSA) is 52.8 Å². The molecular weight excluding hydrogens is 320 g/mol. The second kappa shape index (κ2) is 7.12. The van der Waals surface area contributed by atoms with E-state index in [0.29, 0.717) is 12.6 Å². The van der Waals surface area contributed by atoms with Crippen LogP contribution in [0, 0.1) is 6.92 Å². The smallest absolute Gasteiger partial charge is 0.194 e. The number of aryl methyl sites for hydroxylation is 1. The van der Waals surface area contributed by atoms with Crippen molar-refractivity contribution in [1.29, 1.82) is 0 Å². The maximum Gasteiger partial charge on any atom is 0.194 e. The van der Waals surface area contributed by atoms with Crippen LogP contribution in [0.5, 0.6) is 0 Å². The van der Waals surface area contributed by atoms with Gasteiger partial charge in [-0.25, -0.2) is 4.98 Å². The lowest BCUT2D eigenvalue weighted by Crippen LogP contribution is -2.38. The van der Waals surface area contributed by atoms with E-state index in [-0.39, 0.29) is 0 Å². The Hall–Kier alpha value is -0.950. The van der Waals surface area contributed by atoms with Gasteiger partial charge in [-0.2, -0.15) is 0 Å². The van der Waals surface area contributed by atoms with E-state index in [1.807, 2.05) is 0 Å². The Morgan fingerprint density at radius 1 is 1.38 bits per heavy atom. The third-order valence-corrected chi connectivity index (χ3v) is 6.30. The van der Waals surface area contributed by atoms with E-state index in [9.17, 15) is 0 Å². The van der Waals surface area contributed by atoms with Crippen LogP contribution in [0.15, 0.2) is 5.38 Å². The number of aliphatic hydroxyl groups excluding tert-OH is 1. The van der Waals surface area contributed by atoms with Crippen molar-refractivity contribution in [3.8, 4) is 0 Å². The second-order valence-corrected chi connectivity index (χ2v) is 8.07. The largest absolute Gasteiger partial charge is 0.396 e. The van der Waals surface area contributed by atoms with Gasteiger partial charge in [-0.05, 0) is 45.6 Å². The van der Waals surface area contributed by atoms with E-state index in [4.69, 9.17) is 10.1 Å². The molecule has 1 saturated carbocycles. The Balaban J connectivity index is 1.40. The summed E-state index contributed by atoms with van der Waals surface area (Å²) in [6, 6.07) is 0.616. The number of nitrogens with one attached hydrogen (secondary N) is 1. The zero-order valence-electron chi connectivity index (χ0n) is 14.5. The van der Waals surface area contributed by atoms with E-state index >= 15 is 0 Å². The van der Waals surface area contributed by atoms with Gasteiger partial charge in [0.1, 0.15) is 0 Å². The summed E-state index contributed by atoms with van der Waals surface area (Å²) in [5.41, 5.74) is 3.98. The van der Waals surface area contributed by atoms with Gasteiger partial charge in [0.05, 0.1) is 11.4 Å². The van der Waals surface area contributed by atoms with Crippen molar-refractivity contribution in [2.75, 3.05) is 26.2 Å². The number of hydrogen-bond acceptors (Lipinski definition) is 5. The molecule has 3 heterocycles. The minimum absolute atomic E-state index is 0.297. The lowest BCUT2D eigenvalue weighted by molar-refractivity contribution is 0.209. The van der Waals surface area contributed by atoms with Gasteiger partial charge >= 0.3 is 0 Å². The monoisotopic (exact) mass is 348 g/mol. The standard InChI is InChI=1S/C18H28N4OS/c1-13-16(22-17(14-5-6-14)12-24-18(22)20-13)11-19-10-15-4-2-7-21(15)8-3-9-23/h12,14-15,19,23H,2-11H2,1H3. The van der Waals surface area contributed by atoms with Crippen LogP contribution >= 0.6 is 11.3 Å². The first-order valence-corrected chi connectivity index (χ1v) is 10.2. The van der Waals surface area contributed by atoms with Gasteiger partial charge in [0.2, 0.25) is 0 Å². The molecule has 0 bridgehead atoms. The Bertz CT molecular complexity index is 691. The summed E-state index contributed by atoms with van der Waals surface area (Å²) in [6.45, 7) is 6.56. The molecule has 0 spiro atoms. The third-order valence-electron chi connectivity index (χ3n) is 5.46. The van der Waals surface area contributed by atoms with Crippen molar-refractivity contribution >= 4 is 16.3 Å². The summed E-state index contributed by atoms with van der Waals surface area (Å²) in [5, 5.41) is 15.0. The zero-order valence-corrected chi connectivity index (χ0v) is 15.3. The number of thiazole rings is 1. The highest BCUT2D eigenvalue weighted by Gasteiger charge is 2.29. The van der Waals surface area contributed by atoms with Crippen LogP contribution in [-0.2, 0) is 6.54 Å². The molecule has 1 aliphatic carbocycles. The number of hydrogen-bond donors (Lipinski definition) is 2. The minimum atomic E-state index is 0.297. The van der Waals surface area contributed by atoms with Crippen LogP contribution in [0.25, 0.3) is 4.96 Å². The fourth-order valence-corrected chi connectivity index (χ4v) is 5.00. The van der Waals surface area contributed by atoms with E-state index in [1.54, 1.807) is 11.3 Å². The number of rotatable bonds is 8. The van der Waals surface area contributed by atoms with Gasteiger partial charge in [-0.15, -0.1) is 11.3 Å². The van der Waals surface area contributed by atoms with E-state index in [2.05, 4.69) is 26.9 Å². The summed E-state index contributed by atoms with van der Waals surface area (Å²) in [7, 11) is 0. The number of aromatic nitrogens is 2. The van der Waals surface area contributed by atoms with E-state index < -0.39 is 0 Å². The van der Waals surface area contributed by atoms with Crippen molar-refractivity contribution < 1.29 is 5.11 Å². The van der Waals surface area contributed by atoms with Crippen molar-refractivity contribution in [2.45, 2.75) is 57.5 Å². The highest BCUT2D eigenvalue weighted by molar-refractivity contribution is 7.15. The quantitative estimate of drug-likeness (QED) is 0.770. The van der Waals surface area contributed by atoms with Crippen LogP contribution in [0.4, 0.5) is 0 Å². The molecule has 6 heteroatoms. The number of nitrogens with zero attached hydrogens (tertiary/aromatic N) is 3.